The molecular weight excluding hydrogens is 276 g/mol. The summed E-state index contributed by atoms with van der Waals surface area (Å²) in [6.45, 7) is 3.42. The Kier molecular flexibility index (Phi) is 5.43. The summed E-state index contributed by atoms with van der Waals surface area (Å²) in [5.74, 6) is -2.66. The van der Waals surface area contributed by atoms with Crippen molar-refractivity contribution in [1.29, 1.82) is 0 Å². The number of hydrogen-bond acceptors (Lipinski definition) is 4. The number of nitrogens with one attached hydrogen (secondary N) is 1. The summed E-state index contributed by atoms with van der Waals surface area (Å²) in [6.07, 6.45) is -0.195. The first-order valence-corrected chi connectivity index (χ1v) is 6.35. The van der Waals surface area contributed by atoms with E-state index in [1.54, 1.807) is 19.9 Å². The maximum atomic E-state index is 11.8. The van der Waals surface area contributed by atoms with Crippen molar-refractivity contribution in [3.8, 4) is 0 Å². The largest absolute Gasteiger partial charge is 0.481 e. The van der Waals surface area contributed by atoms with E-state index in [2.05, 4.69) is 5.32 Å². The number of nitrogens with two attached hydrogens (primary N) is 1. The standard InChI is InChI=1S/C14H18N2O5/c1-7-5-9(6-10(8(7)2)14(20)21)16-13(19)11(15)3-4-12(17)18/h5-6,11H,3-4,15H2,1-2H3,(H,16,19)(H,17,18)(H,20,21). The molecule has 1 rings (SSSR count). The highest BCUT2D eigenvalue weighted by Gasteiger charge is 2.17. The molecule has 5 N–H and O–H groups in total. The van der Waals surface area contributed by atoms with Gasteiger partial charge in [-0.05, 0) is 43.5 Å². The number of aromatic carboxylic acids is 1. The Balaban J connectivity index is 2.85. The van der Waals surface area contributed by atoms with Gasteiger partial charge in [0, 0.05) is 12.1 Å². The molecule has 0 aromatic heterocycles. The van der Waals surface area contributed by atoms with E-state index in [9.17, 15) is 14.4 Å². The Labute approximate surface area is 121 Å². The van der Waals surface area contributed by atoms with E-state index >= 15 is 0 Å². The summed E-state index contributed by atoms with van der Waals surface area (Å²) >= 11 is 0. The van der Waals surface area contributed by atoms with Crippen LogP contribution in [0.2, 0.25) is 0 Å². The van der Waals surface area contributed by atoms with Gasteiger partial charge in [0.15, 0.2) is 0 Å². The smallest absolute Gasteiger partial charge is 0.336 e. The topological polar surface area (TPSA) is 130 Å². The summed E-state index contributed by atoms with van der Waals surface area (Å²) in [4.78, 5) is 33.4. The molecule has 0 saturated heterocycles. The average molecular weight is 294 g/mol. The number of carboxylic acid groups (broad SMARTS) is 2. The highest BCUT2D eigenvalue weighted by Crippen LogP contribution is 2.20. The number of aliphatic carboxylic acids is 1. The van der Waals surface area contributed by atoms with Gasteiger partial charge in [-0.15, -0.1) is 0 Å². The van der Waals surface area contributed by atoms with Crippen LogP contribution >= 0.6 is 0 Å². The molecule has 7 nitrogen and oxygen atoms in total. The molecule has 1 atom stereocenters. The average Bonchev–Trinajstić information content (AvgIpc) is 2.39. The predicted octanol–water partition coefficient (Wildman–Crippen LogP) is 1.13. The second-order valence-electron chi connectivity index (χ2n) is 4.80. The minimum absolute atomic E-state index is 0.0117. The lowest BCUT2D eigenvalue weighted by atomic mass is 10.0. The SMILES string of the molecule is Cc1cc(NC(=O)C(N)CCC(=O)O)cc(C(=O)O)c1C. The van der Waals surface area contributed by atoms with Gasteiger partial charge in [-0.25, -0.2) is 4.79 Å². The van der Waals surface area contributed by atoms with Crippen molar-refractivity contribution in [3.63, 3.8) is 0 Å². The van der Waals surface area contributed by atoms with Crippen LogP contribution < -0.4 is 11.1 Å². The molecule has 114 valence electrons. The molecule has 1 amide bonds. The second kappa shape index (κ2) is 6.85. The Morgan fingerprint density at radius 2 is 1.86 bits per heavy atom. The predicted molar refractivity (Wildman–Crippen MR) is 76.4 cm³/mol. The highest BCUT2D eigenvalue weighted by molar-refractivity contribution is 5.97. The molecule has 21 heavy (non-hydrogen) atoms. The van der Waals surface area contributed by atoms with Crippen LogP contribution in [0.15, 0.2) is 12.1 Å². The Hall–Kier alpha value is -2.41. The van der Waals surface area contributed by atoms with Gasteiger partial charge in [-0.1, -0.05) is 0 Å². The zero-order valence-corrected chi connectivity index (χ0v) is 11.8. The van der Waals surface area contributed by atoms with Crippen molar-refractivity contribution in [2.45, 2.75) is 32.7 Å². The monoisotopic (exact) mass is 294 g/mol. The number of hydrogen-bond donors (Lipinski definition) is 4. The summed E-state index contributed by atoms with van der Waals surface area (Å²) in [5, 5.41) is 20.2. The lowest BCUT2D eigenvalue weighted by Crippen LogP contribution is -2.36. The molecule has 0 fully saturated rings. The molecule has 1 unspecified atom stereocenters. The van der Waals surface area contributed by atoms with Gasteiger partial charge in [0.25, 0.3) is 0 Å². The fourth-order valence-corrected chi connectivity index (χ4v) is 1.80. The van der Waals surface area contributed by atoms with E-state index in [4.69, 9.17) is 15.9 Å². The van der Waals surface area contributed by atoms with Crippen molar-refractivity contribution >= 4 is 23.5 Å². The van der Waals surface area contributed by atoms with Crippen molar-refractivity contribution in [1.82, 2.24) is 0 Å². The third kappa shape index (κ3) is 4.57. The summed E-state index contributed by atoms with van der Waals surface area (Å²) in [5.41, 5.74) is 7.36. The molecule has 0 spiro atoms. The zero-order chi connectivity index (χ0) is 16.2. The number of rotatable bonds is 6. The van der Waals surface area contributed by atoms with Gasteiger partial charge in [-0.3, -0.25) is 9.59 Å². The fraction of sp³-hybridized carbons (Fsp3) is 0.357. The van der Waals surface area contributed by atoms with Crippen molar-refractivity contribution in [2.24, 2.45) is 5.73 Å². The third-order valence-electron chi connectivity index (χ3n) is 3.17. The molecule has 0 aliphatic heterocycles. The maximum absolute atomic E-state index is 11.8. The Morgan fingerprint density at radius 3 is 2.38 bits per heavy atom. The van der Waals surface area contributed by atoms with Crippen LogP contribution in [-0.4, -0.2) is 34.1 Å². The molecular formula is C14H18N2O5. The van der Waals surface area contributed by atoms with Gasteiger partial charge in [0.2, 0.25) is 5.91 Å². The van der Waals surface area contributed by atoms with Crippen LogP contribution in [0, 0.1) is 13.8 Å². The lowest BCUT2D eigenvalue weighted by molar-refractivity contribution is -0.137. The zero-order valence-electron chi connectivity index (χ0n) is 11.8. The molecule has 7 heteroatoms. The van der Waals surface area contributed by atoms with Crippen LogP contribution in [0.25, 0.3) is 0 Å². The minimum Gasteiger partial charge on any atom is -0.481 e. The molecule has 0 aliphatic carbocycles. The number of benzene rings is 1. The van der Waals surface area contributed by atoms with Crippen molar-refractivity contribution < 1.29 is 24.6 Å². The van der Waals surface area contributed by atoms with Gasteiger partial charge in [0.1, 0.15) is 0 Å². The number of carbonyl (C=O) groups is 3. The first-order chi connectivity index (χ1) is 9.72. The number of anilines is 1. The summed E-state index contributed by atoms with van der Waals surface area (Å²) < 4.78 is 0. The van der Waals surface area contributed by atoms with E-state index < -0.39 is 23.9 Å². The molecule has 0 heterocycles. The molecule has 0 saturated carbocycles. The minimum atomic E-state index is -1.08. The maximum Gasteiger partial charge on any atom is 0.336 e. The molecule has 0 radical (unpaired) electrons. The molecule has 0 bridgehead atoms. The first kappa shape index (κ1) is 16.6. The van der Waals surface area contributed by atoms with Crippen LogP contribution in [-0.2, 0) is 9.59 Å². The Bertz CT molecular complexity index is 583. The van der Waals surface area contributed by atoms with E-state index in [1.807, 2.05) is 0 Å². The number of aryl methyl sites for hydroxylation is 1. The van der Waals surface area contributed by atoms with Crippen LogP contribution in [0.1, 0.15) is 34.3 Å². The molecule has 0 aliphatic rings. The first-order valence-electron chi connectivity index (χ1n) is 6.35. The van der Waals surface area contributed by atoms with E-state index in [0.717, 1.165) is 5.56 Å². The third-order valence-corrected chi connectivity index (χ3v) is 3.17. The summed E-state index contributed by atoms with van der Waals surface area (Å²) in [7, 11) is 0. The van der Waals surface area contributed by atoms with E-state index in [0.29, 0.717) is 11.3 Å². The van der Waals surface area contributed by atoms with Gasteiger partial charge >= 0.3 is 11.9 Å². The number of amides is 1. The van der Waals surface area contributed by atoms with Crippen LogP contribution in [0.5, 0.6) is 0 Å². The normalized spacial score (nSPS) is 11.8. The van der Waals surface area contributed by atoms with E-state index in [-0.39, 0.29) is 18.4 Å². The molecule has 1 aromatic rings. The van der Waals surface area contributed by atoms with Crippen LogP contribution in [0.3, 0.4) is 0 Å². The lowest BCUT2D eigenvalue weighted by Gasteiger charge is -2.13. The van der Waals surface area contributed by atoms with Gasteiger partial charge in [-0.2, -0.15) is 0 Å². The highest BCUT2D eigenvalue weighted by atomic mass is 16.4. The van der Waals surface area contributed by atoms with Crippen molar-refractivity contribution in [2.75, 3.05) is 5.32 Å². The van der Waals surface area contributed by atoms with E-state index in [1.165, 1.54) is 6.07 Å². The number of carbonyl (C=O) groups excluding carboxylic acids is 1. The second-order valence-corrected chi connectivity index (χ2v) is 4.80. The summed E-state index contributed by atoms with van der Waals surface area (Å²) in [6, 6.07) is 2.03. The Morgan fingerprint density at radius 1 is 1.24 bits per heavy atom. The van der Waals surface area contributed by atoms with Crippen LogP contribution in [0.4, 0.5) is 5.69 Å². The molecule has 1 aromatic carbocycles. The number of carboxylic acids is 2. The van der Waals surface area contributed by atoms with Crippen molar-refractivity contribution in [3.05, 3.63) is 28.8 Å². The van der Waals surface area contributed by atoms with Gasteiger partial charge < -0.3 is 21.3 Å². The van der Waals surface area contributed by atoms with Gasteiger partial charge in [0.05, 0.1) is 11.6 Å². The quantitative estimate of drug-likeness (QED) is 0.622. The fourth-order valence-electron chi connectivity index (χ4n) is 1.80.